The van der Waals surface area contributed by atoms with Crippen molar-refractivity contribution < 1.29 is 4.79 Å². The van der Waals surface area contributed by atoms with Gasteiger partial charge in [-0.25, -0.2) is 9.97 Å². The topological polar surface area (TPSA) is 125 Å². The molecule has 1 amide bonds. The van der Waals surface area contributed by atoms with Crippen LogP contribution in [0.1, 0.15) is 20.8 Å². The minimum atomic E-state index is -0.505. The summed E-state index contributed by atoms with van der Waals surface area (Å²) in [6.07, 6.45) is 12.4. The smallest absolute Gasteiger partial charge is 0.229 e. The Labute approximate surface area is 212 Å². The minimum Gasteiger partial charge on any atom is -0.345 e. The van der Waals surface area contributed by atoms with Crippen LogP contribution in [-0.4, -0.2) is 40.8 Å². The van der Waals surface area contributed by atoms with Gasteiger partial charge in [-0.05, 0) is 24.3 Å². The summed E-state index contributed by atoms with van der Waals surface area (Å²) in [6, 6.07) is 9.72. The zero-order valence-corrected chi connectivity index (χ0v) is 20.6. The third-order valence-corrected chi connectivity index (χ3v) is 6.13. The monoisotopic (exact) mass is 488 g/mol. The molecule has 0 aliphatic heterocycles. The van der Waals surface area contributed by atoms with E-state index in [2.05, 4.69) is 35.2 Å². The fourth-order valence-corrected chi connectivity index (χ4v) is 4.11. The maximum Gasteiger partial charge on any atom is 0.229 e. The number of hydrogen-bond acceptors (Lipinski definition) is 6. The number of nitrogens with one attached hydrogen (secondary N) is 3. The standard InChI is InChI=1S/C28H24N8O/c1-28(2,3)27(37)34-18-8-16(10-29-12-18)17-9-19-20(14-33-25(19)32-11-17)26-35-23-15-30-13-21(24(23)36-26)22-6-4-5-7-31-22/h4-15H,1-3H3,(H,32,33)(H,34,37)(H,35,36). The van der Waals surface area contributed by atoms with E-state index in [0.717, 1.165) is 50.0 Å². The van der Waals surface area contributed by atoms with Crippen molar-refractivity contribution in [3.63, 3.8) is 0 Å². The van der Waals surface area contributed by atoms with Crippen LogP contribution < -0.4 is 5.32 Å². The molecule has 6 aromatic rings. The molecule has 37 heavy (non-hydrogen) atoms. The molecule has 0 radical (unpaired) electrons. The predicted molar refractivity (Wildman–Crippen MR) is 144 cm³/mol. The van der Waals surface area contributed by atoms with Crippen LogP contribution in [0, 0.1) is 5.41 Å². The third kappa shape index (κ3) is 4.20. The summed E-state index contributed by atoms with van der Waals surface area (Å²) in [7, 11) is 0. The lowest BCUT2D eigenvalue weighted by molar-refractivity contribution is -0.123. The number of H-pyrrole nitrogens is 2. The number of aromatic nitrogens is 7. The first-order valence-electron chi connectivity index (χ1n) is 11.9. The third-order valence-electron chi connectivity index (χ3n) is 6.13. The van der Waals surface area contributed by atoms with Crippen molar-refractivity contribution in [1.29, 1.82) is 0 Å². The van der Waals surface area contributed by atoms with Crippen molar-refractivity contribution in [2.24, 2.45) is 5.41 Å². The molecule has 0 aromatic carbocycles. The number of carbonyl (C=O) groups excluding carboxylic acids is 1. The highest BCUT2D eigenvalue weighted by Gasteiger charge is 2.21. The lowest BCUT2D eigenvalue weighted by Crippen LogP contribution is -2.27. The lowest BCUT2D eigenvalue weighted by Gasteiger charge is -2.17. The van der Waals surface area contributed by atoms with Gasteiger partial charge in [0.1, 0.15) is 17.0 Å². The van der Waals surface area contributed by atoms with Gasteiger partial charge in [0.2, 0.25) is 5.91 Å². The maximum atomic E-state index is 12.4. The number of rotatable bonds is 4. The lowest BCUT2D eigenvalue weighted by atomic mass is 9.95. The van der Waals surface area contributed by atoms with E-state index in [1.54, 1.807) is 37.2 Å². The molecule has 0 fully saturated rings. The first kappa shape index (κ1) is 22.5. The molecule has 0 atom stereocenters. The van der Waals surface area contributed by atoms with Crippen molar-refractivity contribution >= 4 is 33.7 Å². The van der Waals surface area contributed by atoms with E-state index in [1.807, 2.05) is 57.3 Å². The average molecular weight is 489 g/mol. The normalized spacial score (nSPS) is 11.8. The zero-order chi connectivity index (χ0) is 25.6. The van der Waals surface area contributed by atoms with Crippen molar-refractivity contribution in [2.75, 3.05) is 5.32 Å². The van der Waals surface area contributed by atoms with E-state index in [0.29, 0.717) is 11.5 Å². The van der Waals surface area contributed by atoms with Gasteiger partial charge in [-0.15, -0.1) is 0 Å². The van der Waals surface area contributed by atoms with E-state index in [4.69, 9.17) is 4.98 Å². The van der Waals surface area contributed by atoms with Gasteiger partial charge in [0.05, 0.1) is 29.3 Å². The molecule has 9 nitrogen and oxygen atoms in total. The molecule has 0 spiro atoms. The van der Waals surface area contributed by atoms with Crippen molar-refractivity contribution in [3.8, 4) is 33.8 Å². The Morgan fingerprint density at radius 2 is 1.76 bits per heavy atom. The number of amides is 1. The summed E-state index contributed by atoms with van der Waals surface area (Å²) < 4.78 is 0. The van der Waals surface area contributed by atoms with Crippen LogP contribution in [-0.2, 0) is 4.79 Å². The Bertz CT molecular complexity index is 1760. The van der Waals surface area contributed by atoms with Gasteiger partial charge < -0.3 is 15.3 Å². The van der Waals surface area contributed by atoms with E-state index in [-0.39, 0.29) is 5.91 Å². The van der Waals surface area contributed by atoms with Crippen LogP contribution in [0.25, 0.3) is 55.8 Å². The summed E-state index contributed by atoms with van der Waals surface area (Å²) in [5, 5.41) is 3.85. The number of imidazole rings is 1. The average Bonchev–Trinajstić information content (AvgIpc) is 3.52. The van der Waals surface area contributed by atoms with Crippen LogP contribution in [0.2, 0.25) is 0 Å². The van der Waals surface area contributed by atoms with Gasteiger partial charge in [-0.1, -0.05) is 26.8 Å². The molecule has 0 saturated heterocycles. The Hall–Kier alpha value is -4.92. The SMILES string of the molecule is CC(C)(C)C(=O)Nc1cncc(-c2cnc3[nH]cc(-c4nc5c(-c6ccccn6)cncc5[nH]4)c3c2)c1. The Kier molecular flexibility index (Phi) is 5.26. The van der Waals surface area contributed by atoms with Gasteiger partial charge in [-0.3, -0.25) is 19.7 Å². The number of anilines is 1. The molecule has 6 rings (SSSR count). The molecule has 182 valence electrons. The first-order valence-corrected chi connectivity index (χ1v) is 11.9. The summed E-state index contributed by atoms with van der Waals surface area (Å²) >= 11 is 0. The second kappa shape index (κ2) is 8.63. The molecule has 0 bridgehead atoms. The van der Waals surface area contributed by atoms with Crippen LogP contribution >= 0.6 is 0 Å². The highest BCUT2D eigenvalue weighted by molar-refractivity contribution is 5.98. The highest BCUT2D eigenvalue weighted by atomic mass is 16.2. The molecular formula is C28H24N8O. The van der Waals surface area contributed by atoms with Crippen LogP contribution in [0.5, 0.6) is 0 Å². The second-order valence-electron chi connectivity index (χ2n) is 9.87. The summed E-state index contributed by atoms with van der Waals surface area (Å²) in [5.41, 5.74) is 6.78. The molecule has 6 heterocycles. The maximum absolute atomic E-state index is 12.4. The molecule has 6 aromatic heterocycles. The molecule has 0 aliphatic carbocycles. The minimum absolute atomic E-state index is 0.0719. The number of nitrogens with zero attached hydrogens (tertiary/aromatic N) is 5. The largest absolute Gasteiger partial charge is 0.345 e. The summed E-state index contributed by atoms with van der Waals surface area (Å²) in [5.74, 6) is 0.632. The Balaban J connectivity index is 1.40. The zero-order valence-electron chi connectivity index (χ0n) is 20.6. The van der Waals surface area contributed by atoms with Crippen LogP contribution in [0.4, 0.5) is 5.69 Å². The van der Waals surface area contributed by atoms with Gasteiger partial charge in [0.25, 0.3) is 0 Å². The second-order valence-corrected chi connectivity index (χ2v) is 9.87. The van der Waals surface area contributed by atoms with Crippen molar-refractivity contribution in [3.05, 3.63) is 73.7 Å². The highest BCUT2D eigenvalue weighted by Crippen LogP contribution is 2.33. The number of aromatic amines is 2. The Morgan fingerprint density at radius 1 is 0.919 bits per heavy atom. The van der Waals surface area contributed by atoms with Gasteiger partial charge >= 0.3 is 0 Å². The molecule has 0 aliphatic rings. The number of carbonyl (C=O) groups is 1. The molecule has 9 heteroatoms. The Morgan fingerprint density at radius 3 is 2.57 bits per heavy atom. The molecule has 0 unspecified atom stereocenters. The van der Waals surface area contributed by atoms with Crippen LogP contribution in [0.15, 0.2) is 73.7 Å². The van der Waals surface area contributed by atoms with Crippen LogP contribution in [0.3, 0.4) is 0 Å². The van der Waals surface area contributed by atoms with E-state index in [9.17, 15) is 4.79 Å². The van der Waals surface area contributed by atoms with Gasteiger partial charge in [-0.2, -0.15) is 0 Å². The fourth-order valence-electron chi connectivity index (χ4n) is 4.11. The first-order chi connectivity index (χ1) is 17.9. The van der Waals surface area contributed by atoms with E-state index < -0.39 is 5.41 Å². The van der Waals surface area contributed by atoms with E-state index in [1.165, 1.54) is 0 Å². The van der Waals surface area contributed by atoms with Gasteiger partial charge in [0.15, 0.2) is 0 Å². The van der Waals surface area contributed by atoms with Gasteiger partial charge in [0, 0.05) is 64.0 Å². The van der Waals surface area contributed by atoms with E-state index >= 15 is 0 Å². The number of pyridine rings is 4. The predicted octanol–water partition coefficient (Wildman–Crippen LogP) is 5.61. The van der Waals surface area contributed by atoms with Crippen molar-refractivity contribution in [2.45, 2.75) is 20.8 Å². The molecule has 0 saturated carbocycles. The molecular weight excluding hydrogens is 464 g/mol. The fraction of sp³-hybridized carbons (Fsp3) is 0.143. The number of hydrogen-bond donors (Lipinski definition) is 3. The quantitative estimate of drug-likeness (QED) is 0.296. The summed E-state index contributed by atoms with van der Waals surface area (Å²) in [6.45, 7) is 5.62. The number of fused-ring (bicyclic) bond motifs is 2. The summed E-state index contributed by atoms with van der Waals surface area (Å²) in [4.78, 5) is 41.8. The van der Waals surface area contributed by atoms with Crippen molar-refractivity contribution in [1.82, 2.24) is 34.9 Å². The molecule has 3 N–H and O–H groups in total.